The maximum Gasteiger partial charge on any atom is 0.233 e. The van der Waals surface area contributed by atoms with Gasteiger partial charge in [0.25, 0.3) is 0 Å². The Morgan fingerprint density at radius 1 is 0.814 bits per heavy atom. The standard InChI is InChI=1S/C37H44FN3O2/c1-39(24-19-29-11-5-2-6-12-29)35(43)37(31-15-17-33(38)18-16-31)27-32(37)28-40-25-20-36(21-26-40,30-13-7-3-8-14-30)34(42)41-22-9-4-10-23-41/h2-3,5-8,11-18,32H,4,9-10,19-28H2,1H3/t32?,37-/m1/s1. The number of benzene rings is 3. The van der Waals surface area contributed by atoms with Crippen LogP contribution in [0.15, 0.2) is 84.9 Å². The first kappa shape index (κ1) is 29.6. The second-order valence-corrected chi connectivity index (χ2v) is 12.9. The molecule has 3 aliphatic rings. The van der Waals surface area contributed by atoms with Crippen LogP contribution in [-0.2, 0) is 26.8 Å². The molecule has 2 saturated heterocycles. The Morgan fingerprint density at radius 3 is 2.09 bits per heavy atom. The van der Waals surface area contributed by atoms with Gasteiger partial charge in [-0.15, -0.1) is 0 Å². The summed E-state index contributed by atoms with van der Waals surface area (Å²) < 4.78 is 13.9. The van der Waals surface area contributed by atoms with Gasteiger partial charge in [0.05, 0.1) is 10.8 Å². The smallest absolute Gasteiger partial charge is 0.233 e. The van der Waals surface area contributed by atoms with Crippen molar-refractivity contribution in [2.24, 2.45) is 5.92 Å². The molecule has 2 aliphatic heterocycles. The summed E-state index contributed by atoms with van der Waals surface area (Å²) in [4.78, 5) is 34.6. The van der Waals surface area contributed by atoms with Crippen LogP contribution in [-0.4, -0.2) is 72.8 Å². The molecule has 5 nitrogen and oxygen atoms in total. The van der Waals surface area contributed by atoms with Crippen LogP contribution < -0.4 is 0 Å². The Bertz CT molecular complexity index is 1380. The van der Waals surface area contributed by atoms with Gasteiger partial charge in [0.2, 0.25) is 11.8 Å². The first-order valence-electron chi connectivity index (χ1n) is 16.1. The van der Waals surface area contributed by atoms with Crippen LogP contribution in [0.2, 0.25) is 0 Å². The summed E-state index contributed by atoms with van der Waals surface area (Å²) in [5, 5.41) is 0. The number of likely N-dealkylation sites (N-methyl/N-ethyl adjacent to an activating group) is 1. The number of halogens is 1. The van der Waals surface area contributed by atoms with Gasteiger partial charge in [0.1, 0.15) is 5.82 Å². The second-order valence-electron chi connectivity index (χ2n) is 12.9. The van der Waals surface area contributed by atoms with E-state index < -0.39 is 10.8 Å². The minimum absolute atomic E-state index is 0.121. The highest BCUT2D eigenvalue weighted by Crippen LogP contribution is 2.56. The highest BCUT2D eigenvalue weighted by Gasteiger charge is 2.62. The minimum Gasteiger partial charge on any atom is -0.345 e. The highest BCUT2D eigenvalue weighted by atomic mass is 19.1. The third-order valence-corrected chi connectivity index (χ3v) is 10.3. The summed E-state index contributed by atoms with van der Waals surface area (Å²) in [6, 6.07) is 27.2. The molecule has 0 radical (unpaired) electrons. The molecular weight excluding hydrogens is 537 g/mol. The van der Waals surface area contributed by atoms with Gasteiger partial charge in [-0.2, -0.15) is 0 Å². The zero-order chi connectivity index (χ0) is 29.9. The molecule has 43 heavy (non-hydrogen) atoms. The maximum absolute atomic E-state index is 14.1. The number of nitrogens with zero attached hydrogens (tertiary/aromatic N) is 3. The quantitative estimate of drug-likeness (QED) is 0.319. The van der Waals surface area contributed by atoms with Crippen molar-refractivity contribution in [3.8, 4) is 0 Å². The lowest BCUT2D eigenvalue weighted by Crippen LogP contribution is -2.54. The molecule has 3 fully saturated rings. The van der Waals surface area contributed by atoms with E-state index in [1.54, 1.807) is 12.1 Å². The molecule has 0 bridgehead atoms. The van der Waals surface area contributed by atoms with E-state index in [0.29, 0.717) is 12.5 Å². The molecule has 2 heterocycles. The lowest BCUT2D eigenvalue weighted by atomic mass is 9.71. The Labute approximate surface area is 255 Å². The van der Waals surface area contributed by atoms with Crippen molar-refractivity contribution in [1.82, 2.24) is 14.7 Å². The number of hydrogen-bond acceptors (Lipinski definition) is 3. The van der Waals surface area contributed by atoms with Crippen LogP contribution in [0.1, 0.15) is 55.2 Å². The van der Waals surface area contributed by atoms with Crippen molar-refractivity contribution in [1.29, 1.82) is 0 Å². The molecule has 0 spiro atoms. The highest BCUT2D eigenvalue weighted by molar-refractivity contribution is 5.92. The van der Waals surface area contributed by atoms with Gasteiger partial charge in [-0.25, -0.2) is 4.39 Å². The molecule has 2 atom stereocenters. The van der Waals surface area contributed by atoms with E-state index in [4.69, 9.17) is 0 Å². The number of likely N-dealkylation sites (tertiary alicyclic amines) is 2. The SMILES string of the molecule is CN(CCc1ccccc1)C(=O)[C@@]1(c2ccc(F)cc2)CC1CN1CCC(C(=O)N2CCCCC2)(c2ccccc2)CC1. The Balaban J connectivity index is 1.17. The summed E-state index contributed by atoms with van der Waals surface area (Å²) in [6.45, 7) is 4.81. The summed E-state index contributed by atoms with van der Waals surface area (Å²) >= 11 is 0. The summed E-state index contributed by atoms with van der Waals surface area (Å²) in [6.07, 6.45) is 6.51. The first-order chi connectivity index (χ1) is 20.9. The molecule has 1 aliphatic carbocycles. The Morgan fingerprint density at radius 2 is 1.44 bits per heavy atom. The number of rotatable bonds is 9. The zero-order valence-electron chi connectivity index (χ0n) is 25.4. The fourth-order valence-corrected chi connectivity index (χ4v) is 7.63. The number of amides is 2. The monoisotopic (exact) mass is 581 g/mol. The molecule has 6 rings (SSSR count). The van der Waals surface area contributed by atoms with Crippen molar-refractivity contribution < 1.29 is 14.0 Å². The Kier molecular flexibility index (Phi) is 8.67. The average Bonchev–Trinajstić information content (AvgIpc) is 3.79. The lowest BCUT2D eigenvalue weighted by Gasteiger charge is -2.44. The molecule has 2 amide bonds. The van der Waals surface area contributed by atoms with Gasteiger partial charge in [0.15, 0.2) is 0 Å². The van der Waals surface area contributed by atoms with Gasteiger partial charge < -0.3 is 14.7 Å². The van der Waals surface area contributed by atoms with E-state index >= 15 is 0 Å². The predicted molar refractivity (Wildman–Crippen MR) is 168 cm³/mol. The van der Waals surface area contributed by atoms with Crippen LogP contribution in [0.25, 0.3) is 0 Å². The fraction of sp³-hybridized carbons (Fsp3) is 0.459. The molecule has 6 heteroatoms. The second kappa shape index (κ2) is 12.6. The number of piperidine rings is 2. The number of hydrogen-bond donors (Lipinski definition) is 0. The number of carbonyl (C=O) groups is 2. The molecule has 1 unspecified atom stereocenters. The van der Waals surface area contributed by atoms with Crippen molar-refractivity contribution in [3.63, 3.8) is 0 Å². The van der Waals surface area contributed by atoms with Crippen LogP contribution in [0.3, 0.4) is 0 Å². The molecule has 1 saturated carbocycles. The van der Waals surface area contributed by atoms with Crippen molar-refractivity contribution in [3.05, 3.63) is 107 Å². The van der Waals surface area contributed by atoms with E-state index in [2.05, 4.69) is 34.1 Å². The van der Waals surface area contributed by atoms with Crippen LogP contribution in [0.4, 0.5) is 4.39 Å². The minimum atomic E-state index is -0.628. The summed E-state index contributed by atoms with van der Waals surface area (Å²) in [5.41, 5.74) is 2.13. The van der Waals surface area contributed by atoms with E-state index in [1.165, 1.54) is 24.1 Å². The van der Waals surface area contributed by atoms with E-state index in [9.17, 15) is 14.0 Å². The molecule has 0 aromatic heterocycles. The maximum atomic E-state index is 14.1. The van der Waals surface area contributed by atoms with Gasteiger partial charge in [-0.1, -0.05) is 72.8 Å². The molecule has 3 aromatic carbocycles. The molecular formula is C37H44FN3O2. The van der Waals surface area contributed by atoms with Gasteiger partial charge in [-0.05, 0) is 92.8 Å². The van der Waals surface area contributed by atoms with E-state index in [1.807, 2.05) is 48.3 Å². The van der Waals surface area contributed by atoms with Crippen LogP contribution in [0, 0.1) is 11.7 Å². The lowest BCUT2D eigenvalue weighted by molar-refractivity contribution is -0.140. The van der Waals surface area contributed by atoms with Crippen LogP contribution >= 0.6 is 0 Å². The van der Waals surface area contributed by atoms with E-state index in [-0.39, 0.29) is 17.6 Å². The molecule has 0 N–H and O–H groups in total. The third kappa shape index (κ3) is 5.99. The van der Waals surface area contributed by atoms with Gasteiger partial charge in [-0.3, -0.25) is 9.59 Å². The van der Waals surface area contributed by atoms with Crippen LogP contribution in [0.5, 0.6) is 0 Å². The van der Waals surface area contributed by atoms with Crippen molar-refractivity contribution in [2.75, 3.05) is 46.3 Å². The zero-order valence-corrected chi connectivity index (χ0v) is 25.4. The molecule has 226 valence electrons. The predicted octanol–water partition coefficient (Wildman–Crippen LogP) is 5.83. The van der Waals surface area contributed by atoms with E-state index in [0.717, 1.165) is 82.4 Å². The average molecular weight is 582 g/mol. The molecule has 3 aromatic rings. The number of carbonyl (C=O) groups excluding carboxylic acids is 2. The summed E-state index contributed by atoms with van der Waals surface area (Å²) in [7, 11) is 1.90. The van der Waals surface area contributed by atoms with Gasteiger partial charge in [0, 0.05) is 33.2 Å². The first-order valence-corrected chi connectivity index (χ1v) is 16.1. The fourth-order valence-electron chi connectivity index (χ4n) is 7.63. The topological polar surface area (TPSA) is 43.9 Å². The largest absolute Gasteiger partial charge is 0.345 e. The van der Waals surface area contributed by atoms with Crippen molar-refractivity contribution in [2.45, 2.75) is 55.8 Å². The van der Waals surface area contributed by atoms with Gasteiger partial charge >= 0.3 is 0 Å². The Hall–Kier alpha value is -3.51. The van der Waals surface area contributed by atoms with Crippen molar-refractivity contribution >= 4 is 11.8 Å². The third-order valence-electron chi connectivity index (χ3n) is 10.3. The summed E-state index contributed by atoms with van der Waals surface area (Å²) in [5.74, 6) is 0.288. The normalized spacial score (nSPS) is 23.5.